The third-order valence-corrected chi connectivity index (χ3v) is 13.2. The second kappa shape index (κ2) is 15.3. The molecular weight excluding hydrogens is 725 g/mol. The molecule has 1 unspecified atom stereocenters. The Kier molecular flexibility index (Phi) is 9.68. The van der Waals surface area contributed by atoms with Crippen molar-refractivity contribution < 1.29 is 0 Å². The third-order valence-electron chi connectivity index (χ3n) is 13.2. The standard InChI is InChI=1S/C58H54N2/c1-7-39-35-55(59(45-27-23-41(24-28-45)37(3)4)53-21-13-17-43-15-9-11-19-47(43)53)51-34-32-50-40(8-2)36-56(52-33-31-49(39)57(51)58(50)52)60(46-29-25-42(26-30-46)38(5)6)54-22-14-18-44-16-10-12-20-48(44)54/h9-17,19-38,44H,7-8,18H2,1-6H3. The molecule has 0 N–H and O–H groups in total. The number of hydrogen-bond acceptors (Lipinski definition) is 2. The average molecular weight is 779 g/mol. The van der Waals surface area contributed by atoms with Gasteiger partial charge in [0.2, 0.25) is 0 Å². The van der Waals surface area contributed by atoms with Crippen molar-refractivity contribution in [3.8, 4) is 0 Å². The zero-order valence-electron chi connectivity index (χ0n) is 35.8. The molecule has 2 nitrogen and oxygen atoms in total. The Bertz CT molecular complexity index is 3020. The highest BCUT2D eigenvalue weighted by atomic mass is 15.2. The van der Waals surface area contributed by atoms with E-state index >= 15 is 0 Å². The average Bonchev–Trinajstić information content (AvgIpc) is 3.29. The first kappa shape index (κ1) is 37.9. The van der Waals surface area contributed by atoms with Crippen LogP contribution in [0.4, 0.5) is 28.4 Å². The van der Waals surface area contributed by atoms with Crippen LogP contribution in [0, 0.1) is 5.92 Å². The van der Waals surface area contributed by atoms with E-state index in [4.69, 9.17) is 0 Å². The lowest BCUT2D eigenvalue weighted by Crippen LogP contribution is -2.22. The summed E-state index contributed by atoms with van der Waals surface area (Å²) in [6, 6.07) is 48.8. The van der Waals surface area contributed by atoms with Crippen molar-refractivity contribution in [2.24, 2.45) is 5.92 Å². The second-order valence-electron chi connectivity index (χ2n) is 17.4. The Hall–Kier alpha value is -6.38. The van der Waals surface area contributed by atoms with Gasteiger partial charge in [-0.2, -0.15) is 0 Å². The Morgan fingerprint density at radius 1 is 0.517 bits per heavy atom. The number of benzene rings is 8. The van der Waals surface area contributed by atoms with Gasteiger partial charge in [0.15, 0.2) is 0 Å². The molecule has 0 radical (unpaired) electrons. The molecule has 0 fully saturated rings. The fourth-order valence-corrected chi connectivity index (χ4v) is 9.98. The Balaban J connectivity index is 1.29. The quantitative estimate of drug-likeness (QED) is 0.128. The van der Waals surface area contributed by atoms with Crippen LogP contribution in [0.5, 0.6) is 0 Å². The molecular formula is C58H54N2. The zero-order valence-corrected chi connectivity index (χ0v) is 35.8. The van der Waals surface area contributed by atoms with E-state index in [0.717, 1.165) is 19.3 Å². The van der Waals surface area contributed by atoms with Crippen LogP contribution in [-0.2, 0) is 12.8 Å². The van der Waals surface area contributed by atoms with Crippen LogP contribution in [0.1, 0.15) is 82.1 Å². The SMILES string of the molecule is CCc1cc(N(C2=C3C=CC=CC3CC=C2)c2ccc(C(C)C)cc2)c2ccc3c(CC)cc(N(c4ccc(C(C)C)cc4)c4cccc5ccccc45)c4ccc1c2c34. The normalized spacial score (nSPS) is 15.1. The van der Waals surface area contributed by atoms with E-state index in [1.54, 1.807) is 0 Å². The van der Waals surface area contributed by atoms with Gasteiger partial charge in [-0.1, -0.05) is 157 Å². The minimum atomic E-state index is 0.363. The molecule has 0 spiro atoms. The number of hydrogen-bond donors (Lipinski definition) is 0. The van der Waals surface area contributed by atoms with Crippen LogP contribution in [0.15, 0.2) is 175 Å². The molecule has 8 aromatic carbocycles. The summed E-state index contributed by atoms with van der Waals surface area (Å²) in [6.45, 7) is 13.7. The molecule has 0 heterocycles. The van der Waals surface area contributed by atoms with Crippen LogP contribution in [0.25, 0.3) is 43.1 Å². The molecule has 0 amide bonds. The topological polar surface area (TPSA) is 6.48 Å². The summed E-state index contributed by atoms with van der Waals surface area (Å²) in [7, 11) is 0. The number of allylic oxidation sites excluding steroid dienone is 7. The largest absolute Gasteiger partial charge is 0.310 e. The molecule has 0 saturated carbocycles. The number of fused-ring (bicyclic) bond motifs is 2. The molecule has 0 aromatic heterocycles. The maximum absolute atomic E-state index is 2.57. The number of anilines is 5. The highest BCUT2D eigenvalue weighted by Gasteiger charge is 2.28. The minimum absolute atomic E-state index is 0.363. The van der Waals surface area contributed by atoms with Crippen LogP contribution in [0.2, 0.25) is 0 Å². The predicted molar refractivity (Wildman–Crippen MR) is 260 cm³/mol. The predicted octanol–water partition coefficient (Wildman–Crippen LogP) is 16.7. The first-order chi connectivity index (χ1) is 29.3. The first-order valence-corrected chi connectivity index (χ1v) is 22.1. The Morgan fingerprint density at radius 2 is 1.07 bits per heavy atom. The van der Waals surface area contributed by atoms with Crippen LogP contribution < -0.4 is 9.80 Å². The summed E-state index contributed by atoms with van der Waals surface area (Å²) in [6.07, 6.45) is 16.8. The summed E-state index contributed by atoms with van der Waals surface area (Å²) >= 11 is 0. The van der Waals surface area contributed by atoms with Gasteiger partial charge in [0.25, 0.3) is 0 Å². The molecule has 2 aliphatic rings. The first-order valence-electron chi connectivity index (χ1n) is 22.1. The van der Waals surface area contributed by atoms with Crippen molar-refractivity contribution >= 4 is 71.5 Å². The number of rotatable bonds is 10. The van der Waals surface area contributed by atoms with E-state index in [9.17, 15) is 0 Å². The molecule has 0 aliphatic heterocycles. The smallest absolute Gasteiger partial charge is 0.0543 e. The van der Waals surface area contributed by atoms with Gasteiger partial charge < -0.3 is 9.80 Å². The van der Waals surface area contributed by atoms with E-state index in [1.165, 1.54) is 105 Å². The van der Waals surface area contributed by atoms with Crippen LogP contribution in [0.3, 0.4) is 0 Å². The van der Waals surface area contributed by atoms with Gasteiger partial charge in [-0.25, -0.2) is 0 Å². The fourth-order valence-electron chi connectivity index (χ4n) is 9.98. The van der Waals surface area contributed by atoms with Gasteiger partial charge in [-0.15, -0.1) is 0 Å². The van der Waals surface area contributed by atoms with Gasteiger partial charge >= 0.3 is 0 Å². The molecule has 2 heteroatoms. The lowest BCUT2D eigenvalue weighted by atomic mass is 9.84. The van der Waals surface area contributed by atoms with Crippen molar-refractivity contribution in [2.45, 2.75) is 72.6 Å². The maximum Gasteiger partial charge on any atom is 0.0543 e. The van der Waals surface area contributed by atoms with E-state index in [1.807, 2.05) is 0 Å². The second-order valence-corrected chi connectivity index (χ2v) is 17.4. The summed E-state index contributed by atoms with van der Waals surface area (Å²) in [5.74, 6) is 1.28. The van der Waals surface area contributed by atoms with Gasteiger partial charge in [-0.3, -0.25) is 0 Å². The van der Waals surface area contributed by atoms with E-state index < -0.39 is 0 Å². The molecule has 296 valence electrons. The monoisotopic (exact) mass is 778 g/mol. The molecule has 1 atom stereocenters. The van der Waals surface area contributed by atoms with Gasteiger partial charge in [0.1, 0.15) is 0 Å². The minimum Gasteiger partial charge on any atom is -0.310 e. The number of nitrogens with zero attached hydrogens (tertiary/aromatic N) is 2. The van der Waals surface area contributed by atoms with Crippen LogP contribution >= 0.6 is 0 Å². The van der Waals surface area contributed by atoms with Crippen LogP contribution in [-0.4, -0.2) is 0 Å². The summed E-state index contributed by atoms with van der Waals surface area (Å²) < 4.78 is 0. The van der Waals surface area contributed by atoms with E-state index in [0.29, 0.717) is 17.8 Å². The highest BCUT2D eigenvalue weighted by molar-refractivity contribution is 6.29. The van der Waals surface area contributed by atoms with Crippen molar-refractivity contribution in [2.75, 3.05) is 9.80 Å². The molecule has 8 aromatic rings. The maximum atomic E-state index is 2.57. The number of aryl methyl sites for hydroxylation is 2. The van der Waals surface area contributed by atoms with Crippen molar-refractivity contribution in [1.29, 1.82) is 0 Å². The van der Waals surface area contributed by atoms with Crippen molar-refractivity contribution in [1.82, 2.24) is 0 Å². The fraction of sp³-hybridized carbons (Fsp3) is 0.207. The summed E-state index contributed by atoms with van der Waals surface area (Å²) in [4.78, 5) is 5.10. The van der Waals surface area contributed by atoms with E-state index in [2.05, 4.69) is 215 Å². The highest BCUT2D eigenvalue weighted by Crippen LogP contribution is 2.50. The van der Waals surface area contributed by atoms with Crippen molar-refractivity contribution in [3.05, 3.63) is 197 Å². The van der Waals surface area contributed by atoms with Gasteiger partial charge in [0, 0.05) is 39.1 Å². The zero-order chi connectivity index (χ0) is 41.1. The molecule has 0 saturated heterocycles. The van der Waals surface area contributed by atoms with Crippen molar-refractivity contribution in [3.63, 3.8) is 0 Å². The Morgan fingerprint density at radius 3 is 1.67 bits per heavy atom. The molecule has 60 heavy (non-hydrogen) atoms. The summed E-state index contributed by atoms with van der Waals surface area (Å²) in [5.41, 5.74) is 14.1. The van der Waals surface area contributed by atoms with Gasteiger partial charge in [-0.05, 0) is 134 Å². The third kappa shape index (κ3) is 6.24. The molecule has 2 aliphatic carbocycles. The molecule has 10 rings (SSSR count). The lowest BCUT2D eigenvalue weighted by molar-refractivity contribution is 0.763. The Labute approximate surface area is 355 Å². The lowest BCUT2D eigenvalue weighted by Gasteiger charge is -2.34. The van der Waals surface area contributed by atoms with Gasteiger partial charge in [0.05, 0.1) is 17.1 Å². The summed E-state index contributed by atoms with van der Waals surface area (Å²) in [5, 5.41) is 10.4. The molecule has 0 bridgehead atoms. The van der Waals surface area contributed by atoms with E-state index in [-0.39, 0.29) is 0 Å².